The zero-order valence-electron chi connectivity index (χ0n) is 10.5. The molecule has 4 unspecified atom stereocenters. The molecule has 3 N–H and O–H groups in total. The number of benzene rings is 1. The molecular weight excluding hydrogens is 290 g/mol. The van der Waals surface area contributed by atoms with Gasteiger partial charge in [0.2, 0.25) is 0 Å². The van der Waals surface area contributed by atoms with Crippen LogP contribution in [0.2, 0.25) is 0 Å². The van der Waals surface area contributed by atoms with Gasteiger partial charge < -0.3 is 10.8 Å². The average molecular weight is 310 g/mol. The van der Waals surface area contributed by atoms with Crippen LogP contribution in [0.4, 0.5) is 0 Å². The Balaban J connectivity index is 1.90. The van der Waals surface area contributed by atoms with Gasteiger partial charge in [0, 0.05) is 16.4 Å². The van der Waals surface area contributed by atoms with Crippen LogP contribution < -0.4 is 5.73 Å². The van der Waals surface area contributed by atoms with Crippen molar-refractivity contribution in [3.63, 3.8) is 0 Å². The van der Waals surface area contributed by atoms with Gasteiger partial charge >= 0.3 is 0 Å². The molecule has 0 spiro atoms. The molecule has 2 aliphatic rings. The first kappa shape index (κ1) is 12.6. The Bertz CT molecular complexity index is 433. The molecule has 0 aliphatic heterocycles. The average Bonchev–Trinajstić information content (AvgIpc) is 2.99. The fraction of sp³-hybridized carbons (Fsp3) is 0.600. The molecule has 1 aromatic carbocycles. The molecule has 98 valence electrons. The summed E-state index contributed by atoms with van der Waals surface area (Å²) in [7, 11) is 0. The van der Waals surface area contributed by atoms with Crippen LogP contribution in [0.25, 0.3) is 0 Å². The van der Waals surface area contributed by atoms with E-state index in [1.165, 1.54) is 19.3 Å². The first-order valence-corrected chi connectivity index (χ1v) is 7.58. The molecule has 2 bridgehead atoms. The second-order valence-electron chi connectivity index (χ2n) is 5.97. The molecule has 2 nitrogen and oxygen atoms in total. The minimum absolute atomic E-state index is 0.0727. The number of fused-ring (bicyclic) bond motifs is 2. The maximum atomic E-state index is 10.8. The van der Waals surface area contributed by atoms with Gasteiger partial charge in [-0.3, -0.25) is 0 Å². The summed E-state index contributed by atoms with van der Waals surface area (Å²) in [6.07, 6.45) is 4.54. The van der Waals surface area contributed by atoms with Crippen molar-refractivity contribution in [2.45, 2.75) is 31.8 Å². The quantitative estimate of drug-likeness (QED) is 0.900. The van der Waals surface area contributed by atoms with Crippen LogP contribution in [0.3, 0.4) is 0 Å². The van der Waals surface area contributed by atoms with Gasteiger partial charge in [0.1, 0.15) is 0 Å². The predicted molar refractivity (Wildman–Crippen MR) is 76.0 cm³/mol. The summed E-state index contributed by atoms with van der Waals surface area (Å²) in [5.41, 5.74) is 6.99. The number of aliphatic hydroxyl groups is 1. The highest BCUT2D eigenvalue weighted by molar-refractivity contribution is 9.10. The highest BCUT2D eigenvalue weighted by atomic mass is 79.9. The van der Waals surface area contributed by atoms with Gasteiger partial charge in [0.25, 0.3) is 0 Å². The van der Waals surface area contributed by atoms with Crippen LogP contribution in [0.1, 0.15) is 37.4 Å². The standard InChI is InChI=1S/C15H20BrNO/c16-13-5-2-11(3-6-13)14(18)15(9-17)8-10-1-4-12(15)7-10/h2-3,5-6,10,12,14,18H,1,4,7-9,17H2. The molecule has 0 radical (unpaired) electrons. The lowest BCUT2D eigenvalue weighted by atomic mass is 9.67. The molecule has 3 heteroatoms. The van der Waals surface area contributed by atoms with Crippen molar-refractivity contribution in [1.82, 2.24) is 0 Å². The van der Waals surface area contributed by atoms with Crippen molar-refractivity contribution in [1.29, 1.82) is 0 Å². The van der Waals surface area contributed by atoms with Crippen LogP contribution in [0.15, 0.2) is 28.7 Å². The second-order valence-corrected chi connectivity index (χ2v) is 6.89. The topological polar surface area (TPSA) is 46.2 Å². The van der Waals surface area contributed by atoms with E-state index >= 15 is 0 Å². The highest BCUT2D eigenvalue weighted by Crippen LogP contribution is 2.60. The van der Waals surface area contributed by atoms with E-state index in [2.05, 4.69) is 15.9 Å². The summed E-state index contributed by atoms with van der Waals surface area (Å²) >= 11 is 3.43. The Morgan fingerprint density at radius 2 is 2.06 bits per heavy atom. The lowest BCUT2D eigenvalue weighted by Crippen LogP contribution is -2.41. The molecule has 1 aromatic rings. The molecule has 2 aliphatic carbocycles. The van der Waals surface area contributed by atoms with Crippen molar-refractivity contribution in [2.75, 3.05) is 6.54 Å². The van der Waals surface area contributed by atoms with E-state index in [1.54, 1.807) is 0 Å². The smallest absolute Gasteiger partial charge is 0.0861 e. The third kappa shape index (κ3) is 1.84. The summed E-state index contributed by atoms with van der Waals surface area (Å²) in [6, 6.07) is 8.02. The molecule has 18 heavy (non-hydrogen) atoms. The number of rotatable bonds is 3. The van der Waals surface area contributed by atoms with Crippen LogP contribution in [-0.2, 0) is 0 Å². The van der Waals surface area contributed by atoms with Crippen molar-refractivity contribution in [3.05, 3.63) is 34.3 Å². The summed E-state index contributed by atoms with van der Waals surface area (Å²) < 4.78 is 1.05. The second kappa shape index (κ2) is 4.62. The third-order valence-electron chi connectivity index (χ3n) is 5.13. The zero-order valence-corrected chi connectivity index (χ0v) is 12.1. The van der Waals surface area contributed by atoms with E-state index in [9.17, 15) is 5.11 Å². The molecule has 0 heterocycles. The van der Waals surface area contributed by atoms with Crippen LogP contribution >= 0.6 is 15.9 Å². The Morgan fingerprint density at radius 3 is 2.56 bits per heavy atom. The molecule has 3 rings (SSSR count). The molecule has 2 saturated carbocycles. The minimum atomic E-state index is -0.411. The molecule has 0 aromatic heterocycles. The molecule has 2 fully saturated rings. The number of hydrogen-bond donors (Lipinski definition) is 2. The van der Waals surface area contributed by atoms with E-state index in [-0.39, 0.29) is 5.41 Å². The van der Waals surface area contributed by atoms with E-state index in [0.29, 0.717) is 12.5 Å². The van der Waals surface area contributed by atoms with Gasteiger partial charge in [-0.25, -0.2) is 0 Å². The zero-order chi connectivity index (χ0) is 12.8. The third-order valence-corrected chi connectivity index (χ3v) is 5.66. The summed E-state index contributed by atoms with van der Waals surface area (Å²) in [6.45, 7) is 0.603. The van der Waals surface area contributed by atoms with E-state index < -0.39 is 6.10 Å². The first-order chi connectivity index (χ1) is 8.65. The Morgan fingerprint density at radius 1 is 1.33 bits per heavy atom. The normalized spacial score (nSPS) is 35.9. The SMILES string of the molecule is NCC1(C(O)c2ccc(Br)cc2)CC2CCC1C2. The van der Waals surface area contributed by atoms with Gasteiger partial charge in [-0.1, -0.05) is 34.5 Å². The largest absolute Gasteiger partial charge is 0.388 e. The molecule has 4 atom stereocenters. The van der Waals surface area contributed by atoms with Crippen LogP contribution in [0, 0.1) is 17.3 Å². The monoisotopic (exact) mass is 309 g/mol. The maximum Gasteiger partial charge on any atom is 0.0861 e. The van der Waals surface area contributed by atoms with Crippen molar-refractivity contribution >= 4 is 15.9 Å². The van der Waals surface area contributed by atoms with Crippen molar-refractivity contribution in [2.24, 2.45) is 23.0 Å². The van der Waals surface area contributed by atoms with Gasteiger partial charge in [-0.15, -0.1) is 0 Å². The summed E-state index contributed by atoms with van der Waals surface area (Å²) in [4.78, 5) is 0. The lowest BCUT2D eigenvalue weighted by molar-refractivity contribution is -0.0130. The Labute approximate surface area is 117 Å². The molecular formula is C15H20BrNO. The van der Waals surface area contributed by atoms with Gasteiger partial charge in [0.05, 0.1) is 6.10 Å². The molecule has 0 amide bonds. The van der Waals surface area contributed by atoms with Crippen molar-refractivity contribution < 1.29 is 5.11 Å². The minimum Gasteiger partial charge on any atom is -0.388 e. The number of halogens is 1. The predicted octanol–water partition coefficient (Wildman–Crippen LogP) is 3.25. The van der Waals surface area contributed by atoms with Crippen LogP contribution in [0.5, 0.6) is 0 Å². The number of nitrogens with two attached hydrogens (primary N) is 1. The van der Waals surface area contributed by atoms with Crippen LogP contribution in [-0.4, -0.2) is 11.7 Å². The van der Waals surface area contributed by atoms with Gasteiger partial charge in [-0.2, -0.15) is 0 Å². The van der Waals surface area contributed by atoms with E-state index in [4.69, 9.17) is 5.73 Å². The van der Waals surface area contributed by atoms with Gasteiger partial charge in [0.15, 0.2) is 0 Å². The summed E-state index contributed by atoms with van der Waals surface area (Å²) in [5, 5.41) is 10.8. The van der Waals surface area contributed by atoms with Crippen molar-refractivity contribution in [3.8, 4) is 0 Å². The fourth-order valence-electron chi connectivity index (χ4n) is 4.16. The fourth-order valence-corrected chi connectivity index (χ4v) is 4.42. The number of hydrogen-bond acceptors (Lipinski definition) is 2. The van der Waals surface area contributed by atoms with Gasteiger partial charge in [-0.05, 0) is 48.8 Å². The first-order valence-electron chi connectivity index (χ1n) is 6.79. The number of aliphatic hydroxyl groups excluding tert-OH is 1. The van der Waals surface area contributed by atoms with E-state index in [0.717, 1.165) is 22.4 Å². The Kier molecular flexibility index (Phi) is 3.25. The maximum absolute atomic E-state index is 10.8. The Hall–Kier alpha value is -0.380. The van der Waals surface area contributed by atoms with E-state index in [1.807, 2.05) is 24.3 Å². The molecule has 0 saturated heterocycles. The highest BCUT2D eigenvalue weighted by Gasteiger charge is 2.54. The summed E-state index contributed by atoms with van der Waals surface area (Å²) in [5.74, 6) is 1.41. The lowest BCUT2D eigenvalue weighted by Gasteiger charge is -2.41.